The van der Waals surface area contributed by atoms with Crippen molar-refractivity contribution in [1.29, 1.82) is 0 Å². The number of likely N-dealkylation sites (tertiary alicyclic amines) is 1. The molecule has 3 atom stereocenters. The minimum atomic E-state index is -0.298. The van der Waals surface area contributed by atoms with Gasteiger partial charge in [-0.1, -0.05) is 6.08 Å². The highest BCUT2D eigenvalue weighted by Gasteiger charge is 2.33. The molecule has 1 fully saturated rings. The van der Waals surface area contributed by atoms with Gasteiger partial charge in [0.2, 0.25) is 0 Å². The first-order valence-electron chi connectivity index (χ1n) is 7.04. The number of nitrogens with zero attached hydrogens (tertiary/aromatic N) is 2. The summed E-state index contributed by atoms with van der Waals surface area (Å²) in [5, 5.41) is 13.2. The van der Waals surface area contributed by atoms with Gasteiger partial charge in [0, 0.05) is 38.4 Å². The maximum absolute atomic E-state index is 10.0. The van der Waals surface area contributed by atoms with E-state index in [1.807, 2.05) is 0 Å². The summed E-state index contributed by atoms with van der Waals surface area (Å²) in [7, 11) is 1.68. The van der Waals surface area contributed by atoms with Crippen LogP contribution in [0.1, 0.15) is 6.42 Å². The number of nitrogens with one attached hydrogen (secondary N) is 1. The van der Waals surface area contributed by atoms with E-state index in [0.717, 1.165) is 30.8 Å². The summed E-state index contributed by atoms with van der Waals surface area (Å²) in [4.78, 5) is 6.44. The Kier molecular flexibility index (Phi) is 3.89. The highest BCUT2D eigenvalue weighted by Crippen LogP contribution is 2.30. The van der Waals surface area contributed by atoms with Crippen LogP contribution in [0.2, 0.25) is 0 Å². The van der Waals surface area contributed by atoms with Crippen LogP contribution in [0.4, 0.5) is 0 Å². The number of aliphatic imine (C=N–C) groups is 1. The Morgan fingerprint density at radius 2 is 2.40 bits per heavy atom. The quantitative estimate of drug-likeness (QED) is 0.641. The maximum Gasteiger partial charge on any atom is 0.123 e. The predicted molar refractivity (Wildman–Crippen MR) is 77.1 cm³/mol. The molecule has 6 nitrogen and oxygen atoms in total. The third-order valence-electron chi connectivity index (χ3n) is 4.27. The van der Waals surface area contributed by atoms with Crippen molar-refractivity contribution in [2.45, 2.75) is 18.7 Å². The van der Waals surface area contributed by atoms with Crippen molar-refractivity contribution in [3.8, 4) is 0 Å². The molecule has 3 unspecified atom stereocenters. The summed E-state index contributed by atoms with van der Waals surface area (Å²) in [6, 6.07) is 0. The lowest BCUT2D eigenvalue weighted by atomic mass is 10.1. The van der Waals surface area contributed by atoms with Crippen molar-refractivity contribution < 1.29 is 9.84 Å². The molecule has 0 spiro atoms. The highest BCUT2D eigenvalue weighted by molar-refractivity contribution is 5.65. The standard InChI is InChI=1S/C14H22N4O2/c1-20-7-10-5-18(6-12(10)19)4-9-2-3-11-13(9)16-8-17-14(11)15/h2,8,10,12,14,19H,3-7,15H2,1H3,(H,16,17). The van der Waals surface area contributed by atoms with Crippen molar-refractivity contribution in [2.75, 3.05) is 33.4 Å². The Bertz CT molecular complexity index is 472. The SMILES string of the molecule is COCC1CN(CC2=CCC3=C2NC=NC3N)CC1O. The average Bonchev–Trinajstić information content (AvgIpc) is 2.97. The fraction of sp³-hybridized carbons (Fsp3) is 0.643. The Balaban J connectivity index is 1.62. The van der Waals surface area contributed by atoms with Gasteiger partial charge in [0.1, 0.15) is 6.17 Å². The van der Waals surface area contributed by atoms with Gasteiger partial charge in [-0.2, -0.15) is 0 Å². The zero-order chi connectivity index (χ0) is 14.1. The largest absolute Gasteiger partial charge is 0.391 e. The first-order chi connectivity index (χ1) is 9.69. The monoisotopic (exact) mass is 278 g/mol. The van der Waals surface area contributed by atoms with E-state index in [1.54, 1.807) is 13.4 Å². The number of hydrogen-bond acceptors (Lipinski definition) is 6. The summed E-state index contributed by atoms with van der Waals surface area (Å²) in [6.45, 7) is 3.02. The van der Waals surface area contributed by atoms with Gasteiger partial charge < -0.3 is 20.9 Å². The van der Waals surface area contributed by atoms with E-state index in [2.05, 4.69) is 21.3 Å². The van der Waals surface area contributed by atoms with Crippen LogP contribution >= 0.6 is 0 Å². The van der Waals surface area contributed by atoms with Gasteiger partial charge in [0.05, 0.1) is 19.0 Å². The van der Waals surface area contributed by atoms with E-state index in [1.165, 1.54) is 5.57 Å². The Morgan fingerprint density at radius 1 is 1.55 bits per heavy atom. The Hall–Kier alpha value is -1.21. The third kappa shape index (κ3) is 2.52. The van der Waals surface area contributed by atoms with Crippen LogP contribution in [-0.2, 0) is 4.74 Å². The molecule has 0 bridgehead atoms. The minimum Gasteiger partial charge on any atom is -0.391 e. The summed E-state index contributed by atoms with van der Waals surface area (Å²) < 4.78 is 5.16. The van der Waals surface area contributed by atoms with E-state index < -0.39 is 0 Å². The molecule has 3 aliphatic rings. The second kappa shape index (κ2) is 5.65. The lowest BCUT2D eigenvalue weighted by Gasteiger charge is -2.22. The lowest BCUT2D eigenvalue weighted by Crippen LogP contribution is -2.32. The third-order valence-corrected chi connectivity index (χ3v) is 4.27. The maximum atomic E-state index is 10.0. The van der Waals surface area contributed by atoms with Crippen molar-refractivity contribution in [1.82, 2.24) is 10.2 Å². The van der Waals surface area contributed by atoms with Gasteiger partial charge in [-0.05, 0) is 17.6 Å². The molecule has 2 heterocycles. The first kappa shape index (κ1) is 13.8. The smallest absolute Gasteiger partial charge is 0.123 e. The molecule has 2 aliphatic heterocycles. The van der Waals surface area contributed by atoms with Crippen LogP contribution in [0.15, 0.2) is 27.9 Å². The zero-order valence-electron chi connectivity index (χ0n) is 11.7. The van der Waals surface area contributed by atoms with Gasteiger partial charge in [0.15, 0.2) is 0 Å². The van der Waals surface area contributed by atoms with Crippen LogP contribution in [0.25, 0.3) is 0 Å². The summed E-state index contributed by atoms with van der Waals surface area (Å²) in [6.07, 6.45) is 4.24. The molecule has 20 heavy (non-hydrogen) atoms. The predicted octanol–water partition coefficient (Wildman–Crippen LogP) is -0.574. The summed E-state index contributed by atoms with van der Waals surface area (Å²) in [5.74, 6) is 0.207. The molecule has 1 aliphatic carbocycles. The van der Waals surface area contributed by atoms with E-state index in [9.17, 15) is 5.11 Å². The number of nitrogens with two attached hydrogens (primary N) is 1. The van der Waals surface area contributed by atoms with Crippen LogP contribution < -0.4 is 11.1 Å². The number of ether oxygens (including phenoxy) is 1. The van der Waals surface area contributed by atoms with Crippen molar-refractivity contribution in [3.63, 3.8) is 0 Å². The molecule has 0 aromatic carbocycles. The molecule has 0 amide bonds. The van der Waals surface area contributed by atoms with E-state index in [0.29, 0.717) is 13.2 Å². The molecule has 1 saturated heterocycles. The van der Waals surface area contributed by atoms with Gasteiger partial charge in [-0.25, -0.2) is 0 Å². The van der Waals surface area contributed by atoms with Crippen LogP contribution in [0.5, 0.6) is 0 Å². The molecule has 0 aromatic heterocycles. The molecule has 6 heteroatoms. The Labute approximate surface area is 119 Å². The molecule has 3 rings (SSSR count). The Morgan fingerprint density at radius 3 is 3.20 bits per heavy atom. The van der Waals surface area contributed by atoms with Crippen molar-refractivity contribution in [2.24, 2.45) is 16.6 Å². The topological polar surface area (TPSA) is 83.1 Å². The first-order valence-corrected chi connectivity index (χ1v) is 7.04. The molecular weight excluding hydrogens is 256 g/mol. The number of hydrogen-bond donors (Lipinski definition) is 3. The minimum absolute atomic E-state index is 0.207. The highest BCUT2D eigenvalue weighted by atomic mass is 16.5. The van der Waals surface area contributed by atoms with Gasteiger partial charge >= 0.3 is 0 Å². The number of aliphatic hydroxyl groups excluding tert-OH is 1. The lowest BCUT2D eigenvalue weighted by molar-refractivity contribution is 0.0791. The number of β-amino-alcohol motifs (C(OH)–C–C–N with tert-alkyl or cyclic N) is 1. The molecule has 0 saturated carbocycles. The van der Waals surface area contributed by atoms with E-state index >= 15 is 0 Å². The number of methoxy groups -OCH3 is 1. The van der Waals surface area contributed by atoms with Crippen LogP contribution in [-0.4, -0.2) is 62.0 Å². The average molecular weight is 278 g/mol. The fourth-order valence-corrected chi connectivity index (χ4v) is 3.20. The number of allylic oxidation sites excluding steroid dienone is 1. The van der Waals surface area contributed by atoms with Crippen molar-refractivity contribution in [3.05, 3.63) is 22.9 Å². The van der Waals surface area contributed by atoms with Crippen LogP contribution in [0.3, 0.4) is 0 Å². The molecule has 0 radical (unpaired) electrons. The number of aliphatic hydroxyl groups is 1. The molecule has 0 aromatic rings. The van der Waals surface area contributed by atoms with Crippen molar-refractivity contribution >= 4 is 6.34 Å². The normalized spacial score (nSPS) is 33.4. The fourth-order valence-electron chi connectivity index (χ4n) is 3.20. The van der Waals surface area contributed by atoms with Crippen LogP contribution in [0, 0.1) is 5.92 Å². The van der Waals surface area contributed by atoms with E-state index in [-0.39, 0.29) is 18.2 Å². The zero-order valence-corrected chi connectivity index (χ0v) is 11.7. The molecule has 4 N–H and O–H groups in total. The second-order valence-corrected chi connectivity index (χ2v) is 5.68. The van der Waals surface area contributed by atoms with Gasteiger partial charge in [-0.3, -0.25) is 9.89 Å². The summed E-state index contributed by atoms with van der Waals surface area (Å²) >= 11 is 0. The molecule has 110 valence electrons. The van der Waals surface area contributed by atoms with Gasteiger partial charge in [-0.15, -0.1) is 0 Å². The second-order valence-electron chi connectivity index (χ2n) is 5.68. The summed E-state index contributed by atoms with van der Waals surface area (Å²) in [5.41, 5.74) is 9.52. The molecular formula is C14H22N4O2. The number of rotatable bonds is 4. The van der Waals surface area contributed by atoms with E-state index in [4.69, 9.17) is 10.5 Å². The van der Waals surface area contributed by atoms with Gasteiger partial charge in [0.25, 0.3) is 0 Å².